The lowest BCUT2D eigenvalue weighted by Gasteiger charge is -2.23. The van der Waals surface area contributed by atoms with Crippen LogP contribution in [-0.2, 0) is 0 Å². The van der Waals surface area contributed by atoms with Crippen LogP contribution in [-0.4, -0.2) is 55.7 Å². The van der Waals surface area contributed by atoms with E-state index in [0.29, 0.717) is 0 Å². The fourth-order valence-corrected chi connectivity index (χ4v) is 5.08. The van der Waals surface area contributed by atoms with Crippen LogP contribution >= 0.6 is 0 Å². The fourth-order valence-electron chi connectivity index (χ4n) is 5.08. The molecular weight excluding hydrogens is 408 g/mol. The minimum atomic E-state index is 0.882. The molecule has 2 aromatic heterocycles. The maximum atomic E-state index is 5.52. The summed E-state index contributed by atoms with van der Waals surface area (Å²) in [5, 5.41) is 5.00. The first kappa shape index (κ1) is 23.4. The molecule has 4 aromatic rings. The Balaban J connectivity index is 1.69. The SMILES string of the molecule is CCCCCN(C)CCCN(C)c1nccc2c(C)c3[nH]c4ccc(OC)cc4c3c(C)c12. The Morgan fingerprint density at radius 1 is 0.909 bits per heavy atom. The normalized spacial score (nSPS) is 11.8. The summed E-state index contributed by atoms with van der Waals surface area (Å²) >= 11 is 0. The van der Waals surface area contributed by atoms with Gasteiger partial charge in [0, 0.05) is 41.5 Å². The van der Waals surface area contributed by atoms with Crippen molar-refractivity contribution in [3.05, 3.63) is 41.6 Å². The molecule has 5 heteroatoms. The Bertz CT molecular complexity index is 1260. The molecule has 1 N–H and O–H groups in total. The first-order valence-corrected chi connectivity index (χ1v) is 12.2. The Morgan fingerprint density at radius 2 is 1.70 bits per heavy atom. The third-order valence-electron chi connectivity index (χ3n) is 7.00. The maximum Gasteiger partial charge on any atom is 0.136 e. The number of hydrogen-bond acceptors (Lipinski definition) is 4. The van der Waals surface area contributed by atoms with E-state index in [1.165, 1.54) is 64.0 Å². The molecule has 0 amide bonds. The second-order valence-corrected chi connectivity index (χ2v) is 9.38. The molecule has 0 aliphatic rings. The largest absolute Gasteiger partial charge is 0.497 e. The summed E-state index contributed by atoms with van der Waals surface area (Å²) in [6.07, 6.45) is 6.96. The van der Waals surface area contributed by atoms with Gasteiger partial charge in [-0.25, -0.2) is 4.98 Å². The molecule has 0 fully saturated rings. The predicted molar refractivity (Wildman–Crippen MR) is 142 cm³/mol. The summed E-state index contributed by atoms with van der Waals surface area (Å²) in [5.74, 6) is 1.95. The van der Waals surface area contributed by atoms with E-state index in [2.05, 4.69) is 67.8 Å². The molecule has 0 spiro atoms. The lowest BCUT2D eigenvalue weighted by Crippen LogP contribution is -2.26. The Labute approximate surface area is 197 Å². The van der Waals surface area contributed by atoms with E-state index in [4.69, 9.17) is 9.72 Å². The van der Waals surface area contributed by atoms with Crippen LogP contribution in [0.5, 0.6) is 5.75 Å². The van der Waals surface area contributed by atoms with Crippen LogP contribution in [0.25, 0.3) is 32.6 Å². The zero-order valence-electron chi connectivity index (χ0n) is 21.1. The summed E-state index contributed by atoms with van der Waals surface area (Å²) in [6, 6.07) is 8.42. The van der Waals surface area contributed by atoms with Crippen LogP contribution in [0.1, 0.15) is 43.7 Å². The number of nitrogens with one attached hydrogen (secondary N) is 1. The number of nitrogens with zero attached hydrogens (tertiary/aromatic N) is 3. The van der Waals surface area contributed by atoms with Crippen molar-refractivity contribution >= 4 is 38.4 Å². The lowest BCUT2D eigenvalue weighted by atomic mass is 9.96. The zero-order chi connectivity index (χ0) is 23.5. The molecule has 0 aliphatic heterocycles. The average molecular weight is 447 g/mol. The Morgan fingerprint density at radius 3 is 2.45 bits per heavy atom. The number of unbranched alkanes of at least 4 members (excludes halogenated alkanes) is 2. The minimum Gasteiger partial charge on any atom is -0.497 e. The molecule has 0 unspecified atom stereocenters. The van der Waals surface area contributed by atoms with E-state index < -0.39 is 0 Å². The van der Waals surface area contributed by atoms with Crippen molar-refractivity contribution in [1.29, 1.82) is 0 Å². The molecule has 0 bridgehead atoms. The predicted octanol–water partition coefficient (Wildman–Crippen LogP) is 6.44. The monoisotopic (exact) mass is 446 g/mol. The molecule has 176 valence electrons. The van der Waals surface area contributed by atoms with E-state index in [-0.39, 0.29) is 0 Å². The van der Waals surface area contributed by atoms with Gasteiger partial charge in [-0.2, -0.15) is 0 Å². The van der Waals surface area contributed by atoms with E-state index in [0.717, 1.165) is 36.6 Å². The van der Waals surface area contributed by atoms with Crippen molar-refractivity contribution in [2.24, 2.45) is 0 Å². The number of aromatic amines is 1. The smallest absolute Gasteiger partial charge is 0.136 e. The van der Waals surface area contributed by atoms with Gasteiger partial charge in [0.05, 0.1) is 12.6 Å². The van der Waals surface area contributed by atoms with Crippen LogP contribution < -0.4 is 9.64 Å². The quantitative estimate of drug-likeness (QED) is 0.285. The molecule has 4 rings (SSSR count). The number of ether oxygens (including phenoxy) is 1. The number of benzene rings is 2. The van der Waals surface area contributed by atoms with Gasteiger partial charge in [0.15, 0.2) is 0 Å². The van der Waals surface area contributed by atoms with Crippen LogP contribution in [0.15, 0.2) is 30.5 Å². The van der Waals surface area contributed by atoms with Crippen molar-refractivity contribution in [3.63, 3.8) is 0 Å². The number of H-pyrrole nitrogens is 1. The molecule has 0 radical (unpaired) electrons. The average Bonchev–Trinajstić information content (AvgIpc) is 3.21. The number of aromatic nitrogens is 2. The second-order valence-electron chi connectivity index (χ2n) is 9.38. The highest BCUT2D eigenvalue weighted by atomic mass is 16.5. The van der Waals surface area contributed by atoms with Crippen molar-refractivity contribution in [2.45, 2.75) is 46.5 Å². The number of hydrogen-bond donors (Lipinski definition) is 1. The summed E-state index contributed by atoms with van der Waals surface area (Å²) in [5.41, 5.74) is 4.89. The first-order valence-electron chi connectivity index (χ1n) is 12.2. The molecule has 2 aromatic carbocycles. The van der Waals surface area contributed by atoms with E-state index >= 15 is 0 Å². The topological polar surface area (TPSA) is 44.4 Å². The van der Waals surface area contributed by atoms with Gasteiger partial charge in [0.2, 0.25) is 0 Å². The molecule has 2 heterocycles. The van der Waals surface area contributed by atoms with E-state index in [1.54, 1.807) is 7.11 Å². The number of methoxy groups -OCH3 is 1. The Kier molecular flexibility index (Phi) is 7.08. The van der Waals surface area contributed by atoms with Gasteiger partial charge in [-0.05, 0) is 87.6 Å². The van der Waals surface area contributed by atoms with Crippen molar-refractivity contribution in [3.8, 4) is 5.75 Å². The Hall–Kier alpha value is -2.79. The van der Waals surface area contributed by atoms with E-state index in [9.17, 15) is 0 Å². The third kappa shape index (κ3) is 4.51. The second kappa shape index (κ2) is 10.0. The van der Waals surface area contributed by atoms with Crippen molar-refractivity contribution in [1.82, 2.24) is 14.9 Å². The molecule has 5 nitrogen and oxygen atoms in total. The zero-order valence-corrected chi connectivity index (χ0v) is 21.1. The van der Waals surface area contributed by atoms with Gasteiger partial charge in [0.1, 0.15) is 11.6 Å². The van der Waals surface area contributed by atoms with Gasteiger partial charge in [-0.3, -0.25) is 0 Å². The van der Waals surface area contributed by atoms with E-state index in [1.807, 2.05) is 12.3 Å². The number of aryl methyl sites for hydroxylation is 2. The summed E-state index contributed by atoms with van der Waals surface area (Å²) in [6.45, 7) is 10.00. The van der Waals surface area contributed by atoms with Crippen LogP contribution in [0.4, 0.5) is 5.82 Å². The van der Waals surface area contributed by atoms with Crippen LogP contribution in [0, 0.1) is 13.8 Å². The summed E-state index contributed by atoms with van der Waals surface area (Å²) in [4.78, 5) is 13.3. The molecule has 0 saturated heterocycles. The third-order valence-corrected chi connectivity index (χ3v) is 7.00. The van der Waals surface area contributed by atoms with Gasteiger partial charge in [-0.1, -0.05) is 19.8 Å². The molecule has 0 saturated carbocycles. The highest BCUT2D eigenvalue weighted by Crippen LogP contribution is 2.40. The number of fused-ring (bicyclic) bond motifs is 4. The number of anilines is 1. The van der Waals surface area contributed by atoms with Crippen molar-refractivity contribution < 1.29 is 4.74 Å². The summed E-state index contributed by atoms with van der Waals surface area (Å²) < 4.78 is 5.52. The lowest BCUT2D eigenvalue weighted by molar-refractivity contribution is 0.322. The fraction of sp³-hybridized carbons (Fsp3) is 0.464. The molecule has 33 heavy (non-hydrogen) atoms. The van der Waals surface area contributed by atoms with Crippen LogP contribution in [0.2, 0.25) is 0 Å². The first-order chi connectivity index (χ1) is 16.0. The summed E-state index contributed by atoms with van der Waals surface area (Å²) in [7, 11) is 6.14. The van der Waals surface area contributed by atoms with Crippen molar-refractivity contribution in [2.75, 3.05) is 45.7 Å². The highest BCUT2D eigenvalue weighted by Gasteiger charge is 2.18. The van der Waals surface area contributed by atoms with Crippen LogP contribution in [0.3, 0.4) is 0 Å². The van der Waals surface area contributed by atoms with Gasteiger partial charge in [0.25, 0.3) is 0 Å². The standard InChI is InChI=1S/C28H38N4O/c1-7-8-9-15-31(4)16-10-17-32(5)28-26-20(3)25-23-18-21(33-6)11-12-24(23)30-27(25)19(2)22(26)13-14-29-28/h11-14,18,30H,7-10,15-17H2,1-6H3. The highest BCUT2D eigenvalue weighted by molar-refractivity contribution is 6.18. The minimum absolute atomic E-state index is 0.882. The molecular formula is C28H38N4O. The number of pyridine rings is 1. The van der Waals surface area contributed by atoms with Gasteiger partial charge >= 0.3 is 0 Å². The molecule has 0 aliphatic carbocycles. The van der Waals surface area contributed by atoms with Gasteiger partial charge in [-0.15, -0.1) is 0 Å². The maximum absolute atomic E-state index is 5.52. The van der Waals surface area contributed by atoms with Gasteiger partial charge < -0.3 is 19.5 Å². The molecule has 0 atom stereocenters. The number of rotatable bonds is 10.